The summed E-state index contributed by atoms with van der Waals surface area (Å²) in [5.74, 6) is -0.153. The van der Waals surface area contributed by atoms with Crippen LogP contribution in [-0.2, 0) is 4.79 Å². The molecule has 0 radical (unpaired) electrons. The Morgan fingerprint density at radius 3 is 2.78 bits per heavy atom. The van der Waals surface area contributed by atoms with E-state index in [-0.39, 0.29) is 23.1 Å². The summed E-state index contributed by atoms with van der Waals surface area (Å²) in [6.45, 7) is 4.34. The summed E-state index contributed by atoms with van der Waals surface area (Å²) < 4.78 is 0. The van der Waals surface area contributed by atoms with Crippen LogP contribution in [0.5, 0.6) is 0 Å². The third-order valence-electron chi connectivity index (χ3n) is 4.93. The van der Waals surface area contributed by atoms with E-state index in [0.717, 1.165) is 32.4 Å². The van der Waals surface area contributed by atoms with Gasteiger partial charge in [-0.05, 0) is 62.9 Å². The maximum Gasteiger partial charge on any atom is 0.253 e. The van der Waals surface area contributed by atoms with Gasteiger partial charge in [0.1, 0.15) is 0 Å². The van der Waals surface area contributed by atoms with E-state index >= 15 is 0 Å². The number of rotatable bonds is 4. The molecular weight excluding hydrogens is 314 g/mol. The first kappa shape index (κ1) is 16.3. The van der Waals surface area contributed by atoms with Crippen LogP contribution in [0.4, 0.5) is 5.69 Å². The number of carbonyl (C=O) groups is 2. The normalized spacial score (nSPS) is 21.7. The van der Waals surface area contributed by atoms with Gasteiger partial charge in [-0.1, -0.05) is 11.6 Å². The van der Waals surface area contributed by atoms with Gasteiger partial charge in [0.2, 0.25) is 5.91 Å². The number of halogens is 1. The molecule has 1 aromatic carbocycles. The quantitative estimate of drug-likeness (QED) is 0.791. The Hall–Kier alpha value is -1.59. The number of benzene rings is 1. The number of nitrogens with one attached hydrogen (secondary N) is 3. The van der Waals surface area contributed by atoms with Crippen LogP contribution in [0.2, 0.25) is 5.02 Å². The second kappa shape index (κ2) is 6.49. The molecule has 6 heteroatoms. The molecule has 1 saturated heterocycles. The number of anilines is 1. The van der Waals surface area contributed by atoms with Gasteiger partial charge >= 0.3 is 0 Å². The molecule has 1 heterocycles. The molecule has 2 aliphatic rings. The van der Waals surface area contributed by atoms with E-state index in [1.54, 1.807) is 18.2 Å². The molecule has 3 rings (SSSR count). The Morgan fingerprint density at radius 1 is 1.35 bits per heavy atom. The van der Waals surface area contributed by atoms with Crippen LogP contribution >= 0.6 is 11.6 Å². The van der Waals surface area contributed by atoms with Gasteiger partial charge in [-0.25, -0.2) is 0 Å². The second-order valence-electron chi connectivity index (χ2n) is 6.41. The van der Waals surface area contributed by atoms with Crippen molar-refractivity contribution in [2.75, 3.05) is 25.0 Å². The van der Waals surface area contributed by atoms with Crippen LogP contribution in [0.1, 0.15) is 36.5 Å². The summed E-state index contributed by atoms with van der Waals surface area (Å²) >= 11 is 5.99. The molecule has 0 aromatic heterocycles. The first-order chi connectivity index (χ1) is 11.1. The Bertz CT molecular complexity index is 626. The van der Waals surface area contributed by atoms with E-state index < -0.39 is 0 Å². The van der Waals surface area contributed by atoms with E-state index in [1.807, 2.05) is 6.92 Å². The average Bonchev–Trinajstić information content (AvgIpc) is 3.23. The fraction of sp³-hybridized carbons (Fsp3) is 0.529. The van der Waals surface area contributed by atoms with Crippen LogP contribution in [0.3, 0.4) is 0 Å². The van der Waals surface area contributed by atoms with Gasteiger partial charge in [0.05, 0.1) is 11.3 Å². The fourth-order valence-electron chi connectivity index (χ4n) is 3.48. The minimum absolute atomic E-state index is 0.0137. The van der Waals surface area contributed by atoms with Gasteiger partial charge < -0.3 is 16.0 Å². The summed E-state index contributed by atoms with van der Waals surface area (Å²) in [5.41, 5.74) is 1.11. The number of hydrogen-bond donors (Lipinski definition) is 3. The molecule has 2 amide bonds. The molecule has 1 aliphatic carbocycles. The van der Waals surface area contributed by atoms with Crippen LogP contribution < -0.4 is 16.0 Å². The van der Waals surface area contributed by atoms with Gasteiger partial charge in [0, 0.05) is 17.5 Å². The Kier molecular flexibility index (Phi) is 4.60. The zero-order valence-electron chi connectivity index (χ0n) is 13.2. The van der Waals surface area contributed by atoms with E-state index in [0.29, 0.717) is 22.8 Å². The smallest absolute Gasteiger partial charge is 0.253 e. The summed E-state index contributed by atoms with van der Waals surface area (Å²) in [4.78, 5) is 24.7. The lowest BCUT2D eigenvalue weighted by molar-refractivity contribution is -0.118. The molecule has 3 N–H and O–H groups in total. The van der Waals surface area contributed by atoms with Crippen molar-refractivity contribution in [2.24, 2.45) is 11.3 Å². The van der Waals surface area contributed by atoms with Gasteiger partial charge in [0.25, 0.3) is 5.91 Å². The lowest BCUT2D eigenvalue weighted by Gasteiger charge is -2.23. The summed E-state index contributed by atoms with van der Waals surface area (Å²) in [7, 11) is 0. The molecule has 1 aromatic rings. The molecule has 1 atom stereocenters. The summed E-state index contributed by atoms with van der Waals surface area (Å²) in [6, 6.07) is 4.98. The minimum Gasteiger partial charge on any atom is -0.352 e. The van der Waals surface area contributed by atoms with Crippen LogP contribution in [0, 0.1) is 11.3 Å². The minimum atomic E-state index is -0.224. The lowest BCUT2D eigenvalue weighted by atomic mass is 9.91. The highest BCUT2D eigenvalue weighted by Gasteiger charge is 2.57. The molecule has 0 bridgehead atoms. The molecular formula is C17H22ClN3O2. The fourth-order valence-corrected chi connectivity index (χ4v) is 3.66. The predicted molar refractivity (Wildman–Crippen MR) is 90.7 cm³/mol. The SMILES string of the molecule is CCNC(=O)c1cc(Cl)ccc1NC(=O)C1CC12CCNCC2. The standard InChI is InChI=1S/C17H22ClN3O2/c1-2-20-15(22)12-9-11(18)3-4-14(12)21-16(23)13-10-17(13)5-7-19-8-6-17/h3-4,9,13,19H,2,5-8,10H2,1H3,(H,20,22)(H,21,23). The van der Waals surface area contributed by atoms with Gasteiger partial charge in [-0.3, -0.25) is 9.59 Å². The number of carbonyl (C=O) groups excluding carboxylic acids is 2. The summed E-state index contributed by atoms with van der Waals surface area (Å²) in [6.07, 6.45) is 3.05. The Morgan fingerprint density at radius 2 is 2.09 bits per heavy atom. The highest BCUT2D eigenvalue weighted by molar-refractivity contribution is 6.31. The number of amides is 2. The maximum atomic E-state index is 12.6. The van der Waals surface area contributed by atoms with E-state index in [1.165, 1.54) is 0 Å². The van der Waals surface area contributed by atoms with Crippen LogP contribution in [0.25, 0.3) is 0 Å². The average molecular weight is 336 g/mol. The molecule has 23 heavy (non-hydrogen) atoms. The Labute approximate surface area is 141 Å². The molecule has 5 nitrogen and oxygen atoms in total. The van der Waals surface area contributed by atoms with E-state index in [2.05, 4.69) is 16.0 Å². The van der Waals surface area contributed by atoms with Crippen molar-refractivity contribution >= 4 is 29.1 Å². The third-order valence-corrected chi connectivity index (χ3v) is 5.16. The molecule has 1 saturated carbocycles. The number of piperidine rings is 1. The first-order valence-electron chi connectivity index (χ1n) is 8.15. The van der Waals surface area contributed by atoms with Crippen molar-refractivity contribution in [1.29, 1.82) is 0 Å². The largest absolute Gasteiger partial charge is 0.352 e. The van der Waals surface area contributed by atoms with Crippen molar-refractivity contribution in [3.05, 3.63) is 28.8 Å². The molecule has 2 fully saturated rings. The van der Waals surface area contributed by atoms with Gasteiger partial charge in [0.15, 0.2) is 0 Å². The maximum absolute atomic E-state index is 12.6. The molecule has 124 valence electrons. The van der Waals surface area contributed by atoms with Crippen molar-refractivity contribution in [3.8, 4) is 0 Å². The topological polar surface area (TPSA) is 70.2 Å². The van der Waals surface area contributed by atoms with E-state index in [4.69, 9.17) is 11.6 Å². The number of hydrogen-bond acceptors (Lipinski definition) is 3. The molecule has 1 unspecified atom stereocenters. The van der Waals surface area contributed by atoms with E-state index in [9.17, 15) is 9.59 Å². The summed E-state index contributed by atoms with van der Waals surface area (Å²) in [5, 5.41) is 9.49. The van der Waals surface area contributed by atoms with Gasteiger partial charge in [-0.15, -0.1) is 0 Å². The van der Waals surface area contributed by atoms with Crippen molar-refractivity contribution in [1.82, 2.24) is 10.6 Å². The highest BCUT2D eigenvalue weighted by Crippen LogP contribution is 2.58. The highest BCUT2D eigenvalue weighted by atomic mass is 35.5. The third kappa shape index (κ3) is 3.35. The van der Waals surface area contributed by atoms with Crippen LogP contribution in [0.15, 0.2) is 18.2 Å². The monoisotopic (exact) mass is 335 g/mol. The zero-order valence-corrected chi connectivity index (χ0v) is 14.0. The van der Waals surface area contributed by atoms with Gasteiger partial charge in [-0.2, -0.15) is 0 Å². The second-order valence-corrected chi connectivity index (χ2v) is 6.84. The van der Waals surface area contributed by atoms with Crippen molar-refractivity contribution in [3.63, 3.8) is 0 Å². The first-order valence-corrected chi connectivity index (χ1v) is 8.53. The zero-order chi connectivity index (χ0) is 16.4. The molecule has 1 spiro atoms. The predicted octanol–water partition coefficient (Wildman–Crippen LogP) is 2.42. The van der Waals surface area contributed by atoms with Crippen molar-refractivity contribution < 1.29 is 9.59 Å². The lowest BCUT2D eigenvalue weighted by Crippen LogP contribution is -2.32. The van der Waals surface area contributed by atoms with Crippen LogP contribution in [-0.4, -0.2) is 31.4 Å². The Balaban J connectivity index is 1.73. The van der Waals surface area contributed by atoms with Crippen molar-refractivity contribution in [2.45, 2.75) is 26.2 Å². The molecule has 1 aliphatic heterocycles.